The van der Waals surface area contributed by atoms with Crippen LogP contribution < -0.4 is 0 Å². The molecule has 0 saturated heterocycles. The fourth-order valence-electron chi connectivity index (χ4n) is 2.50. The van der Waals surface area contributed by atoms with Gasteiger partial charge in [0.05, 0.1) is 0 Å². The van der Waals surface area contributed by atoms with Crippen molar-refractivity contribution in [3.63, 3.8) is 0 Å². The van der Waals surface area contributed by atoms with Gasteiger partial charge in [-0.2, -0.15) is 0 Å². The normalized spacial score (nSPS) is 12.6. The fraction of sp³-hybridized carbons (Fsp3) is 0.333. The SMILES string of the molecule is CC(OC(=O)N(C)CN(C)C(=O)OC(C)c1ccccc1)c1ccccc1. The first kappa shape index (κ1) is 20.3. The summed E-state index contributed by atoms with van der Waals surface area (Å²) in [7, 11) is 3.15. The van der Waals surface area contributed by atoms with Gasteiger partial charge in [0.25, 0.3) is 0 Å². The predicted octanol–water partition coefficient (Wildman–Crippen LogP) is 4.60. The standard InChI is InChI=1S/C21H26N2O4/c1-16(18-11-7-5-8-12-18)26-20(24)22(3)15-23(4)21(25)27-17(2)19-13-9-6-10-14-19/h5-14,16-17H,15H2,1-4H3. The lowest BCUT2D eigenvalue weighted by Gasteiger charge is -2.26. The van der Waals surface area contributed by atoms with E-state index in [0.29, 0.717) is 0 Å². The number of carbonyl (C=O) groups excluding carboxylic acids is 2. The number of benzene rings is 2. The third kappa shape index (κ3) is 6.02. The van der Waals surface area contributed by atoms with Crippen LogP contribution in [0.15, 0.2) is 60.7 Å². The van der Waals surface area contributed by atoms with Gasteiger partial charge in [-0.15, -0.1) is 0 Å². The van der Waals surface area contributed by atoms with E-state index in [0.717, 1.165) is 11.1 Å². The van der Waals surface area contributed by atoms with E-state index in [4.69, 9.17) is 9.47 Å². The maximum atomic E-state index is 12.3. The lowest BCUT2D eigenvalue weighted by molar-refractivity contribution is 0.0460. The largest absolute Gasteiger partial charge is 0.441 e. The first-order valence-electron chi connectivity index (χ1n) is 8.82. The molecule has 0 spiro atoms. The van der Waals surface area contributed by atoms with Gasteiger partial charge in [-0.1, -0.05) is 60.7 Å². The molecule has 2 rings (SSSR count). The highest BCUT2D eigenvalue weighted by Gasteiger charge is 2.21. The predicted molar refractivity (Wildman–Crippen MR) is 103 cm³/mol. The smallest absolute Gasteiger partial charge is 0.411 e. The minimum Gasteiger partial charge on any atom is -0.441 e. The Bertz CT molecular complexity index is 673. The number of hydrogen-bond acceptors (Lipinski definition) is 4. The average molecular weight is 370 g/mol. The van der Waals surface area contributed by atoms with Crippen molar-refractivity contribution in [3.05, 3.63) is 71.8 Å². The molecule has 0 aliphatic rings. The second kappa shape index (κ2) is 9.62. The molecule has 2 amide bonds. The second-order valence-electron chi connectivity index (χ2n) is 6.41. The molecule has 0 aliphatic heterocycles. The minimum atomic E-state index is -0.512. The topological polar surface area (TPSA) is 59.1 Å². The molecule has 0 radical (unpaired) electrons. The van der Waals surface area contributed by atoms with Crippen LogP contribution in [0.25, 0.3) is 0 Å². The Hall–Kier alpha value is -3.02. The molecule has 0 aliphatic carbocycles. The highest BCUT2D eigenvalue weighted by atomic mass is 16.6. The molecule has 6 nitrogen and oxygen atoms in total. The molecule has 6 heteroatoms. The number of rotatable bonds is 6. The van der Waals surface area contributed by atoms with Gasteiger partial charge in [0.1, 0.15) is 18.9 Å². The Morgan fingerprint density at radius 1 is 0.741 bits per heavy atom. The Morgan fingerprint density at radius 2 is 1.07 bits per heavy atom. The van der Waals surface area contributed by atoms with E-state index in [1.54, 1.807) is 27.9 Å². The minimum absolute atomic E-state index is 0.0562. The van der Waals surface area contributed by atoms with Gasteiger partial charge < -0.3 is 9.47 Å². The van der Waals surface area contributed by atoms with Crippen LogP contribution in [0.4, 0.5) is 9.59 Å². The van der Waals surface area contributed by atoms with Crippen LogP contribution in [-0.4, -0.2) is 42.8 Å². The molecule has 0 heterocycles. The van der Waals surface area contributed by atoms with Crippen LogP contribution in [-0.2, 0) is 9.47 Å². The molecule has 2 atom stereocenters. The molecule has 0 bridgehead atoms. The number of nitrogens with zero attached hydrogens (tertiary/aromatic N) is 2. The van der Waals surface area contributed by atoms with Crippen molar-refractivity contribution in [2.45, 2.75) is 26.1 Å². The summed E-state index contributed by atoms with van der Waals surface area (Å²) in [5, 5.41) is 0. The highest BCUT2D eigenvalue weighted by molar-refractivity contribution is 5.70. The van der Waals surface area contributed by atoms with Crippen molar-refractivity contribution in [1.29, 1.82) is 0 Å². The molecule has 0 aromatic heterocycles. The summed E-state index contributed by atoms with van der Waals surface area (Å²) in [6.07, 6.45) is -1.78. The zero-order valence-corrected chi connectivity index (χ0v) is 16.2. The van der Waals surface area contributed by atoms with Gasteiger partial charge >= 0.3 is 12.2 Å². The molecule has 2 unspecified atom stereocenters. The molecular formula is C21H26N2O4. The zero-order chi connectivity index (χ0) is 19.8. The van der Waals surface area contributed by atoms with Crippen molar-refractivity contribution in [3.8, 4) is 0 Å². The average Bonchev–Trinajstić information content (AvgIpc) is 2.68. The van der Waals surface area contributed by atoms with E-state index in [-0.39, 0.29) is 18.9 Å². The maximum absolute atomic E-state index is 12.3. The van der Waals surface area contributed by atoms with Crippen molar-refractivity contribution in [1.82, 2.24) is 9.80 Å². The van der Waals surface area contributed by atoms with Crippen LogP contribution in [0.2, 0.25) is 0 Å². The van der Waals surface area contributed by atoms with Crippen LogP contribution in [0.5, 0.6) is 0 Å². The van der Waals surface area contributed by atoms with E-state index in [9.17, 15) is 9.59 Å². The van der Waals surface area contributed by atoms with E-state index < -0.39 is 12.2 Å². The van der Waals surface area contributed by atoms with Crippen molar-refractivity contribution in [2.75, 3.05) is 20.8 Å². The summed E-state index contributed by atoms with van der Waals surface area (Å²) in [4.78, 5) is 27.2. The monoisotopic (exact) mass is 370 g/mol. The zero-order valence-electron chi connectivity index (χ0n) is 16.2. The fourth-order valence-corrected chi connectivity index (χ4v) is 2.50. The van der Waals surface area contributed by atoms with Crippen molar-refractivity contribution < 1.29 is 19.1 Å². The van der Waals surface area contributed by atoms with Crippen molar-refractivity contribution >= 4 is 12.2 Å². The Kier molecular flexibility index (Phi) is 7.23. The van der Waals surface area contributed by atoms with Crippen LogP contribution in [0.1, 0.15) is 37.2 Å². The molecule has 0 N–H and O–H groups in total. The quantitative estimate of drug-likeness (QED) is 0.697. The van der Waals surface area contributed by atoms with Gasteiger partial charge in [0, 0.05) is 14.1 Å². The first-order valence-corrected chi connectivity index (χ1v) is 8.82. The number of hydrogen-bond donors (Lipinski definition) is 0. The third-order valence-corrected chi connectivity index (χ3v) is 4.14. The Balaban J connectivity index is 1.83. The lowest BCUT2D eigenvalue weighted by Crippen LogP contribution is -2.41. The molecule has 27 heavy (non-hydrogen) atoms. The number of carbonyl (C=O) groups is 2. The van der Waals surface area contributed by atoms with E-state index in [1.165, 1.54) is 9.80 Å². The summed E-state index contributed by atoms with van der Waals surface area (Å²) in [6, 6.07) is 18.9. The van der Waals surface area contributed by atoms with E-state index in [2.05, 4.69) is 0 Å². The lowest BCUT2D eigenvalue weighted by atomic mass is 10.1. The Labute approximate surface area is 160 Å². The van der Waals surface area contributed by atoms with E-state index in [1.807, 2.05) is 60.7 Å². The maximum Gasteiger partial charge on any atom is 0.411 e. The van der Waals surface area contributed by atoms with Crippen LogP contribution in [0, 0.1) is 0 Å². The molecule has 0 saturated carbocycles. The summed E-state index contributed by atoms with van der Waals surface area (Å²) < 4.78 is 10.9. The first-order chi connectivity index (χ1) is 12.9. The highest BCUT2D eigenvalue weighted by Crippen LogP contribution is 2.18. The van der Waals surface area contributed by atoms with Gasteiger partial charge in [-0.3, -0.25) is 9.80 Å². The molecule has 144 valence electrons. The van der Waals surface area contributed by atoms with Crippen LogP contribution in [0.3, 0.4) is 0 Å². The van der Waals surface area contributed by atoms with Gasteiger partial charge in [0.2, 0.25) is 0 Å². The summed E-state index contributed by atoms with van der Waals surface area (Å²) in [6.45, 7) is 3.67. The second-order valence-corrected chi connectivity index (χ2v) is 6.41. The van der Waals surface area contributed by atoms with Crippen molar-refractivity contribution in [2.24, 2.45) is 0 Å². The molecule has 2 aromatic rings. The van der Waals surface area contributed by atoms with Gasteiger partial charge in [-0.05, 0) is 25.0 Å². The summed E-state index contributed by atoms with van der Waals surface area (Å²) in [5.41, 5.74) is 1.81. The van der Waals surface area contributed by atoms with E-state index >= 15 is 0 Å². The third-order valence-electron chi connectivity index (χ3n) is 4.14. The number of ether oxygens (including phenoxy) is 2. The molecular weight excluding hydrogens is 344 g/mol. The van der Waals surface area contributed by atoms with Gasteiger partial charge in [0.15, 0.2) is 0 Å². The van der Waals surface area contributed by atoms with Crippen LogP contribution >= 0.6 is 0 Å². The molecule has 2 aromatic carbocycles. The number of amides is 2. The molecule has 0 fully saturated rings. The summed E-state index contributed by atoms with van der Waals surface area (Å²) >= 11 is 0. The Morgan fingerprint density at radius 3 is 1.41 bits per heavy atom. The summed E-state index contributed by atoms with van der Waals surface area (Å²) in [5.74, 6) is 0. The van der Waals surface area contributed by atoms with Gasteiger partial charge in [-0.25, -0.2) is 9.59 Å².